The minimum atomic E-state index is -0.495. The van der Waals surface area contributed by atoms with E-state index in [9.17, 15) is 13.2 Å². The van der Waals surface area contributed by atoms with E-state index in [1.54, 1.807) is 13.8 Å². The fraction of sp³-hybridized carbons (Fsp3) is 0.444. The summed E-state index contributed by atoms with van der Waals surface area (Å²) in [6.07, 6.45) is 3.68. The van der Waals surface area contributed by atoms with Crippen molar-refractivity contribution in [1.82, 2.24) is 0 Å². The van der Waals surface area contributed by atoms with Gasteiger partial charge in [0.1, 0.15) is 17.5 Å². The lowest BCUT2D eigenvalue weighted by Gasteiger charge is -2.08. The Hall–Kier alpha value is -0.550. The first-order valence-corrected chi connectivity index (χ1v) is 9.19. The molecular weight excluding hydrogens is 433 g/mol. The maximum Gasteiger partial charge on any atom is 0.143 e. The lowest BCUT2D eigenvalue weighted by atomic mass is 10.0. The highest BCUT2D eigenvalue weighted by Crippen LogP contribution is 2.29. The van der Waals surface area contributed by atoms with E-state index in [0.717, 1.165) is 18.4 Å². The van der Waals surface area contributed by atoms with Crippen molar-refractivity contribution in [1.29, 1.82) is 0 Å². The molecule has 0 atom stereocenters. The van der Waals surface area contributed by atoms with Crippen molar-refractivity contribution in [2.24, 2.45) is 0 Å². The topological polar surface area (TPSA) is 0 Å². The molecular formula is C18H23Br2F3. The number of allylic oxidation sites excluding steroid dienone is 4. The SMILES string of the molecule is CC.CC(C)c1c(F)ccc(Br)c1F.CC1=C(F)C(Br)=CCC1. The second-order valence-electron chi connectivity index (χ2n) is 5.10. The van der Waals surface area contributed by atoms with Crippen LogP contribution in [0.1, 0.15) is 58.9 Å². The molecule has 23 heavy (non-hydrogen) atoms. The molecule has 0 aromatic heterocycles. The predicted octanol–water partition coefficient (Wildman–Crippen LogP) is 8.18. The molecule has 0 unspecified atom stereocenters. The molecule has 1 aromatic rings. The zero-order valence-electron chi connectivity index (χ0n) is 14.1. The zero-order chi connectivity index (χ0) is 18.2. The lowest BCUT2D eigenvalue weighted by Crippen LogP contribution is -1.98. The van der Waals surface area contributed by atoms with Gasteiger partial charge in [-0.15, -0.1) is 0 Å². The maximum atomic E-state index is 13.2. The molecule has 5 heteroatoms. The van der Waals surface area contributed by atoms with Gasteiger partial charge in [-0.2, -0.15) is 0 Å². The number of rotatable bonds is 1. The molecule has 0 saturated carbocycles. The summed E-state index contributed by atoms with van der Waals surface area (Å²) >= 11 is 6.13. The molecule has 2 rings (SSSR count). The third-order valence-electron chi connectivity index (χ3n) is 3.08. The van der Waals surface area contributed by atoms with Gasteiger partial charge in [0.25, 0.3) is 0 Å². The second-order valence-corrected chi connectivity index (χ2v) is 6.81. The molecule has 1 aromatic carbocycles. The van der Waals surface area contributed by atoms with Crippen LogP contribution in [-0.4, -0.2) is 0 Å². The Morgan fingerprint density at radius 3 is 2.00 bits per heavy atom. The van der Waals surface area contributed by atoms with Gasteiger partial charge in [-0.25, -0.2) is 13.2 Å². The Bertz CT molecular complexity index is 576. The Morgan fingerprint density at radius 1 is 1.04 bits per heavy atom. The summed E-state index contributed by atoms with van der Waals surface area (Å²) in [4.78, 5) is 0. The minimum Gasteiger partial charge on any atom is -0.207 e. The van der Waals surface area contributed by atoms with Crippen molar-refractivity contribution in [3.63, 3.8) is 0 Å². The summed E-state index contributed by atoms with van der Waals surface area (Å²) in [5, 5.41) is 0. The van der Waals surface area contributed by atoms with Crippen LogP contribution >= 0.6 is 31.9 Å². The molecule has 0 fully saturated rings. The van der Waals surface area contributed by atoms with Gasteiger partial charge in [0.05, 0.1) is 4.47 Å². The highest BCUT2D eigenvalue weighted by atomic mass is 79.9. The van der Waals surface area contributed by atoms with Gasteiger partial charge in [-0.05, 0) is 75.2 Å². The Kier molecular flexibility index (Phi) is 10.8. The number of hydrogen-bond donors (Lipinski definition) is 0. The molecule has 0 radical (unpaired) electrons. The Labute approximate surface area is 154 Å². The fourth-order valence-electron chi connectivity index (χ4n) is 1.89. The van der Waals surface area contributed by atoms with Crippen molar-refractivity contribution in [2.75, 3.05) is 0 Å². The molecule has 0 heterocycles. The molecule has 0 saturated heterocycles. The summed E-state index contributed by atoms with van der Waals surface area (Å²) in [5.74, 6) is -1.19. The average molecular weight is 456 g/mol. The van der Waals surface area contributed by atoms with E-state index in [1.165, 1.54) is 12.1 Å². The molecule has 0 aliphatic heterocycles. The van der Waals surface area contributed by atoms with Crippen LogP contribution in [0.2, 0.25) is 0 Å². The van der Waals surface area contributed by atoms with Crippen LogP contribution in [0.3, 0.4) is 0 Å². The van der Waals surface area contributed by atoms with Crippen molar-refractivity contribution < 1.29 is 13.2 Å². The number of halogens is 5. The lowest BCUT2D eigenvalue weighted by molar-refractivity contribution is 0.538. The summed E-state index contributed by atoms with van der Waals surface area (Å²) in [5.41, 5.74) is 0.994. The van der Waals surface area contributed by atoms with Gasteiger partial charge >= 0.3 is 0 Å². The zero-order valence-corrected chi connectivity index (χ0v) is 17.3. The number of hydrogen-bond acceptors (Lipinski definition) is 0. The first-order chi connectivity index (χ1) is 10.8. The van der Waals surface area contributed by atoms with Crippen LogP contribution < -0.4 is 0 Å². The molecule has 0 N–H and O–H groups in total. The first-order valence-electron chi connectivity index (χ1n) is 7.60. The quantitative estimate of drug-likeness (QED) is 0.374. The number of benzene rings is 1. The van der Waals surface area contributed by atoms with E-state index >= 15 is 0 Å². The predicted molar refractivity (Wildman–Crippen MR) is 99.5 cm³/mol. The summed E-state index contributed by atoms with van der Waals surface area (Å²) in [6.45, 7) is 9.34. The summed E-state index contributed by atoms with van der Waals surface area (Å²) < 4.78 is 39.9. The monoisotopic (exact) mass is 454 g/mol. The summed E-state index contributed by atoms with van der Waals surface area (Å²) in [6, 6.07) is 2.64. The minimum absolute atomic E-state index is 0.0822. The van der Waals surface area contributed by atoms with Crippen LogP contribution in [0.15, 0.2) is 38.6 Å². The van der Waals surface area contributed by atoms with Crippen molar-refractivity contribution in [2.45, 2.75) is 53.4 Å². The Morgan fingerprint density at radius 2 is 1.61 bits per heavy atom. The molecule has 0 nitrogen and oxygen atoms in total. The third kappa shape index (κ3) is 6.84. The largest absolute Gasteiger partial charge is 0.207 e. The van der Waals surface area contributed by atoms with Gasteiger partial charge in [-0.1, -0.05) is 33.8 Å². The standard InChI is InChI=1S/C9H9BrF2.C7H8BrF.C2H6/c1-5(2)8-7(11)4-3-6(10)9(8)12;1-5-3-2-4-6(8)7(5)9;1-2/h3-5H,1-2H3;4H,2-3H2,1H3;1-2H3. The van der Waals surface area contributed by atoms with Gasteiger partial charge in [0.2, 0.25) is 0 Å². The van der Waals surface area contributed by atoms with Crippen LogP contribution in [0.25, 0.3) is 0 Å². The normalized spacial score (nSPS) is 13.8. The third-order valence-corrected chi connectivity index (χ3v) is 4.37. The summed E-state index contributed by atoms with van der Waals surface area (Å²) in [7, 11) is 0. The van der Waals surface area contributed by atoms with E-state index < -0.39 is 11.6 Å². The van der Waals surface area contributed by atoms with Crippen LogP contribution in [0.4, 0.5) is 13.2 Å². The highest BCUT2D eigenvalue weighted by molar-refractivity contribution is 9.12. The first kappa shape index (κ1) is 22.4. The molecule has 0 bridgehead atoms. The molecule has 130 valence electrons. The molecule has 0 amide bonds. The Balaban J connectivity index is 0.000000392. The van der Waals surface area contributed by atoms with E-state index in [1.807, 2.05) is 26.8 Å². The fourth-order valence-corrected chi connectivity index (χ4v) is 2.80. The average Bonchev–Trinajstić information content (AvgIpc) is 2.51. The van der Waals surface area contributed by atoms with Crippen molar-refractivity contribution >= 4 is 31.9 Å². The van der Waals surface area contributed by atoms with Gasteiger partial charge in [0.15, 0.2) is 0 Å². The van der Waals surface area contributed by atoms with Gasteiger partial charge in [-0.3, -0.25) is 0 Å². The highest BCUT2D eigenvalue weighted by Gasteiger charge is 2.14. The smallest absolute Gasteiger partial charge is 0.143 e. The van der Waals surface area contributed by atoms with E-state index in [4.69, 9.17) is 0 Å². The molecule has 0 spiro atoms. The van der Waals surface area contributed by atoms with E-state index in [0.29, 0.717) is 8.96 Å². The maximum absolute atomic E-state index is 13.2. The van der Waals surface area contributed by atoms with E-state index in [2.05, 4.69) is 31.9 Å². The van der Waals surface area contributed by atoms with E-state index in [-0.39, 0.29) is 17.3 Å². The molecule has 1 aliphatic rings. The van der Waals surface area contributed by atoms with Crippen LogP contribution in [-0.2, 0) is 0 Å². The molecule has 1 aliphatic carbocycles. The van der Waals surface area contributed by atoms with Gasteiger partial charge < -0.3 is 0 Å². The van der Waals surface area contributed by atoms with Gasteiger partial charge in [0, 0.05) is 10.0 Å². The second kappa shape index (κ2) is 11.1. The van der Waals surface area contributed by atoms with Crippen molar-refractivity contribution in [3.8, 4) is 0 Å². The van der Waals surface area contributed by atoms with Crippen LogP contribution in [0, 0.1) is 11.6 Å². The van der Waals surface area contributed by atoms with Crippen LogP contribution in [0.5, 0.6) is 0 Å². The van der Waals surface area contributed by atoms with Crippen molar-refractivity contribution in [3.05, 3.63) is 55.8 Å².